The molecule has 0 spiro atoms. The van der Waals surface area contributed by atoms with Gasteiger partial charge in [-0.15, -0.1) is 0 Å². The smallest absolute Gasteiger partial charge is 0.287 e. The van der Waals surface area contributed by atoms with E-state index in [1.54, 1.807) is 0 Å². The average molecular weight is 308 g/mol. The fraction of sp³-hybridized carbons (Fsp3) is 1.00. The third kappa shape index (κ3) is 9.12. The van der Waals surface area contributed by atoms with Gasteiger partial charge >= 0.3 is 7.82 Å². The van der Waals surface area contributed by atoms with Crippen LogP contribution in [-0.2, 0) is 18.1 Å². The quantitative estimate of drug-likeness (QED) is 0.460. The maximum Gasteiger partial charge on any atom is 0.474 e. The van der Waals surface area contributed by atoms with Crippen LogP contribution in [0.4, 0.5) is 0 Å². The second-order valence-electron chi connectivity index (χ2n) is 5.87. The molecule has 0 amide bonds. The topological polar surface area (TPSA) is 44.8 Å². The third-order valence-corrected chi connectivity index (χ3v) is 5.04. The summed E-state index contributed by atoms with van der Waals surface area (Å²) in [5.74, 6) is 1.05. The minimum atomic E-state index is -3.42. The van der Waals surface area contributed by atoms with Gasteiger partial charge in [0.15, 0.2) is 0 Å². The van der Waals surface area contributed by atoms with E-state index in [1.165, 1.54) is 0 Å². The standard InChI is InChI=1S/C15H33O4P/c1-7-13(4)10-17-20(16,18-11-14(5)8-2)19-12-15(6)9-3/h13-15H,7-12H2,1-6H3. The van der Waals surface area contributed by atoms with E-state index in [0.29, 0.717) is 37.6 Å². The van der Waals surface area contributed by atoms with E-state index in [0.717, 1.165) is 19.3 Å². The van der Waals surface area contributed by atoms with Crippen molar-refractivity contribution in [3.05, 3.63) is 0 Å². The van der Waals surface area contributed by atoms with Gasteiger partial charge in [0.1, 0.15) is 0 Å². The van der Waals surface area contributed by atoms with E-state index in [1.807, 2.05) is 0 Å². The zero-order valence-electron chi connectivity index (χ0n) is 14.1. The minimum Gasteiger partial charge on any atom is -0.287 e. The maximum atomic E-state index is 12.6. The molecule has 0 radical (unpaired) electrons. The van der Waals surface area contributed by atoms with Crippen LogP contribution in [0.1, 0.15) is 60.8 Å². The molecule has 0 aromatic heterocycles. The zero-order valence-corrected chi connectivity index (χ0v) is 14.9. The zero-order chi connectivity index (χ0) is 15.6. The Bertz CT molecular complexity index is 240. The summed E-state index contributed by atoms with van der Waals surface area (Å²) in [6, 6.07) is 0. The average Bonchev–Trinajstić information content (AvgIpc) is 2.47. The highest BCUT2D eigenvalue weighted by molar-refractivity contribution is 7.48. The number of hydrogen-bond donors (Lipinski definition) is 0. The van der Waals surface area contributed by atoms with Gasteiger partial charge < -0.3 is 0 Å². The molecule has 0 bridgehead atoms. The van der Waals surface area contributed by atoms with Crippen LogP contribution >= 0.6 is 7.82 Å². The van der Waals surface area contributed by atoms with E-state index in [2.05, 4.69) is 41.5 Å². The van der Waals surface area contributed by atoms with Crippen LogP contribution in [0.2, 0.25) is 0 Å². The van der Waals surface area contributed by atoms with Crippen molar-refractivity contribution in [2.24, 2.45) is 17.8 Å². The van der Waals surface area contributed by atoms with Crippen LogP contribution in [0.5, 0.6) is 0 Å². The molecule has 0 heterocycles. The summed E-state index contributed by atoms with van der Waals surface area (Å²) in [6.45, 7) is 13.7. The Hall–Kier alpha value is 0.110. The molecule has 0 N–H and O–H groups in total. The second-order valence-corrected chi connectivity index (χ2v) is 7.54. The summed E-state index contributed by atoms with van der Waals surface area (Å²) in [7, 11) is -3.42. The van der Waals surface area contributed by atoms with E-state index in [-0.39, 0.29) is 0 Å². The molecule has 0 aromatic carbocycles. The lowest BCUT2D eigenvalue weighted by molar-refractivity contribution is 0.0822. The Morgan fingerprint density at radius 3 is 1.15 bits per heavy atom. The summed E-state index contributed by atoms with van der Waals surface area (Å²) < 4.78 is 29.1. The fourth-order valence-electron chi connectivity index (χ4n) is 1.12. The van der Waals surface area contributed by atoms with Crippen LogP contribution in [-0.4, -0.2) is 19.8 Å². The summed E-state index contributed by atoms with van der Waals surface area (Å²) in [5.41, 5.74) is 0. The highest BCUT2D eigenvalue weighted by Crippen LogP contribution is 2.50. The molecule has 3 atom stereocenters. The van der Waals surface area contributed by atoms with Crippen LogP contribution in [0.15, 0.2) is 0 Å². The lowest BCUT2D eigenvalue weighted by Crippen LogP contribution is -2.12. The van der Waals surface area contributed by atoms with Gasteiger partial charge in [0.25, 0.3) is 0 Å². The van der Waals surface area contributed by atoms with E-state index in [9.17, 15) is 4.57 Å². The van der Waals surface area contributed by atoms with Crippen molar-refractivity contribution in [3.8, 4) is 0 Å². The molecule has 0 aliphatic carbocycles. The molecule has 20 heavy (non-hydrogen) atoms. The normalized spacial score (nSPS) is 19.3. The highest BCUT2D eigenvalue weighted by atomic mass is 31.2. The van der Waals surface area contributed by atoms with Crippen molar-refractivity contribution < 1.29 is 18.1 Å². The molecule has 4 nitrogen and oxygen atoms in total. The Labute approximate surface area is 125 Å². The molecule has 3 unspecified atom stereocenters. The molecule has 0 aliphatic rings. The summed E-state index contributed by atoms with van der Waals surface area (Å²) in [6.07, 6.45) is 2.95. The minimum absolute atomic E-state index is 0.350. The first-order valence-corrected chi connectivity index (χ1v) is 9.36. The summed E-state index contributed by atoms with van der Waals surface area (Å²) in [5, 5.41) is 0. The van der Waals surface area contributed by atoms with Crippen LogP contribution in [0.3, 0.4) is 0 Å². The van der Waals surface area contributed by atoms with Gasteiger partial charge in [-0.25, -0.2) is 4.57 Å². The molecular formula is C15H33O4P. The monoisotopic (exact) mass is 308 g/mol. The van der Waals surface area contributed by atoms with Gasteiger partial charge in [-0.2, -0.15) is 0 Å². The Morgan fingerprint density at radius 2 is 0.950 bits per heavy atom. The first kappa shape index (κ1) is 20.1. The van der Waals surface area contributed by atoms with Crippen molar-refractivity contribution >= 4 is 7.82 Å². The van der Waals surface area contributed by atoms with E-state index < -0.39 is 7.82 Å². The Kier molecular flexibility index (Phi) is 10.8. The van der Waals surface area contributed by atoms with Crippen molar-refractivity contribution in [3.63, 3.8) is 0 Å². The molecule has 0 rings (SSSR count). The lowest BCUT2D eigenvalue weighted by Gasteiger charge is -2.22. The van der Waals surface area contributed by atoms with Gasteiger partial charge in [0.05, 0.1) is 19.8 Å². The van der Waals surface area contributed by atoms with Gasteiger partial charge in [0, 0.05) is 0 Å². The van der Waals surface area contributed by atoms with E-state index >= 15 is 0 Å². The maximum absolute atomic E-state index is 12.6. The number of phosphoric acid groups is 1. The van der Waals surface area contributed by atoms with Crippen molar-refractivity contribution in [1.82, 2.24) is 0 Å². The predicted octanol–water partition coefficient (Wildman–Crippen LogP) is 5.28. The third-order valence-electron chi connectivity index (χ3n) is 3.64. The SMILES string of the molecule is CCC(C)COP(=O)(OCC(C)CC)OCC(C)CC. The second kappa shape index (κ2) is 10.8. The van der Waals surface area contributed by atoms with E-state index in [4.69, 9.17) is 13.6 Å². The Balaban J connectivity index is 4.45. The van der Waals surface area contributed by atoms with Crippen LogP contribution in [0, 0.1) is 17.8 Å². The molecule has 5 heteroatoms. The van der Waals surface area contributed by atoms with Crippen molar-refractivity contribution in [2.75, 3.05) is 19.8 Å². The van der Waals surface area contributed by atoms with Gasteiger partial charge in [-0.05, 0) is 17.8 Å². The largest absolute Gasteiger partial charge is 0.474 e. The van der Waals surface area contributed by atoms with Gasteiger partial charge in [-0.3, -0.25) is 13.6 Å². The van der Waals surface area contributed by atoms with Crippen LogP contribution in [0.25, 0.3) is 0 Å². The first-order valence-electron chi connectivity index (χ1n) is 7.90. The number of rotatable bonds is 12. The molecule has 0 aromatic rings. The molecular weight excluding hydrogens is 275 g/mol. The summed E-state index contributed by atoms with van der Waals surface area (Å²) in [4.78, 5) is 0. The highest BCUT2D eigenvalue weighted by Gasteiger charge is 2.28. The number of phosphoric ester groups is 1. The predicted molar refractivity (Wildman–Crippen MR) is 83.8 cm³/mol. The molecule has 0 aliphatic heterocycles. The van der Waals surface area contributed by atoms with Crippen LogP contribution < -0.4 is 0 Å². The van der Waals surface area contributed by atoms with Gasteiger partial charge in [0.2, 0.25) is 0 Å². The molecule has 0 fully saturated rings. The fourth-order valence-corrected chi connectivity index (χ4v) is 2.66. The Morgan fingerprint density at radius 1 is 0.700 bits per heavy atom. The number of hydrogen-bond acceptors (Lipinski definition) is 4. The van der Waals surface area contributed by atoms with Crippen molar-refractivity contribution in [1.29, 1.82) is 0 Å². The molecule has 122 valence electrons. The molecule has 0 saturated carbocycles. The first-order chi connectivity index (χ1) is 9.36. The lowest BCUT2D eigenvalue weighted by atomic mass is 10.1. The van der Waals surface area contributed by atoms with Crippen molar-refractivity contribution in [2.45, 2.75) is 60.8 Å². The summed E-state index contributed by atoms with van der Waals surface area (Å²) >= 11 is 0. The van der Waals surface area contributed by atoms with Gasteiger partial charge in [-0.1, -0.05) is 60.8 Å². The molecule has 0 saturated heterocycles.